The third-order valence-corrected chi connectivity index (χ3v) is 6.01. The third kappa shape index (κ3) is 4.29. The number of anilines is 2. The molecule has 2 fully saturated rings. The molecule has 2 unspecified atom stereocenters. The highest BCUT2D eigenvalue weighted by atomic mass is 16.5. The SMILES string of the molecule is CC(C)Nc1cc(-c2noc(N3CC4CN(C(=O)C(C)(C)C)CC4C3)n2)ccc1C=N. The summed E-state index contributed by atoms with van der Waals surface area (Å²) in [6.45, 7) is 13.3. The lowest BCUT2D eigenvalue weighted by Crippen LogP contribution is -2.40. The molecule has 0 bridgehead atoms. The molecule has 4 rings (SSSR count). The highest BCUT2D eigenvalue weighted by Gasteiger charge is 2.44. The van der Waals surface area contributed by atoms with E-state index in [2.05, 4.69) is 34.2 Å². The summed E-state index contributed by atoms with van der Waals surface area (Å²) in [5, 5.41) is 15.2. The van der Waals surface area contributed by atoms with Gasteiger partial charge in [-0.25, -0.2) is 0 Å². The Morgan fingerprint density at radius 2 is 1.90 bits per heavy atom. The number of amides is 1. The monoisotopic (exact) mass is 424 g/mol. The van der Waals surface area contributed by atoms with E-state index < -0.39 is 0 Å². The van der Waals surface area contributed by atoms with E-state index >= 15 is 0 Å². The summed E-state index contributed by atoms with van der Waals surface area (Å²) in [5.74, 6) is 1.65. The van der Waals surface area contributed by atoms with Gasteiger partial charge in [0.05, 0.1) is 0 Å². The van der Waals surface area contributed by atoms with Crippen LogP contribution in [-0.4, -0.2) is 59.4 Å². The molecule has 2 aliphatic heterocycles. The maximum Gasteiger partial charge on any atom is 0.324 e. The van der Waals surface area contributed by atoms with E-state index in [4.69, 9.17) is 9.93 Å². The van der Waals surface area contributed by atoms with Crippen molar-refractivity contribution in [2.45, 2.75) is 40.7 Å². The van der Waals surface area contributed by atoms with Gasteiger partial charge in [-0.05, 0) is 19.9 Å². The van der Waals surface area contributed by atoms with Crippen LogP contribution in [0.2, 0.25) is 0 Å². The van der Waals surface area contributed by atoms with Crippen molar-refractivity contribution in [3.63, 3.8) is 0 Å². The van der Waals surface area contributed by atoms with Crippen LogP contribution in [0.25, 0.3) is 11.4 Å². The van der Waals surface area contributed by atoms with Crippen molar-refractivity contribution in [1.29, 1.82) is 5.41 Å². The molecule has 0 aliphatic carbocycles. The molecule has 0 saturated carbocycles. The Kier molecular flexibility index (Phi) is 5.49. The Balaban J connectivity index is 1.45. The minimum Gasteiger partial charge on any atom is -0.382 e. The number of hydrogen-bond acceptors (Lipinski definition) is 7. The Labute approximate surface area is 183 Å². The molecule has 2 saturated heterocycles. The number of nitrogens with one attached hydrogen (secondary N) is 2. The van der Waals surface area contributed by atoms with Crippen molar-refractivity contribution >= 4 is 23.8 Å². The van der Waals surface area contributed by atoms with Gasteiger partial charge in [0.25, 0.3) is 0 Å². The normalized spacial score (nSPS) is 21.0. The third-order valence-electron chi connectivity index (χ3n) is 6.01. The molecule has 2 aromatic rings. The summed E-state index contributed by atoms with van der Waals surface area (Å²) >= 11 is 0. The molecule has 1 aromatic carbocycles. The van der Waals surface area contributed by atoms with Crippen molar-refractivity contribution < 1.29 is 9.32 Å². The molecule has 2 aliphatic rings. The van der Waals surface area contributed by atoms with Crippen LogP contribution >= 0.6 is 0 Å². The van der Waals surface area contributed by atoms with Crippen molar-refractivity contribution in [2.24, 2.45) is 17.3 Å². The summed E-state index contributed by atoms with van der Waals surface area (Å²) < 4.78 is 5.59. The maximum atomic E-state index is 12.6. The van der Waals surface area contributed by atoms with Crippen LogP contribution in [0, 0.1) is 22.7 Å². The van der Waals surface area contributed by atoms with Gasteiger partial charge in [0.15, 0.2) is 0 Å². The summed E-state index contributed by atoms with van der Waals surface area (Å²) in [4.78, 5) is 21.4. The van der Waals surface area contributed by atoms with E-state index in [9.17, 15) is 4.79 Å². The van der Waals surface area contributed by atoms with Gasteiger partial charge in [0, 0.05) is 72.5 Å². The number of nitrogens with zero attached hydrogens (tertiary/aromatic N) is 4. The largest absolute Gasteiger partial charge is 0.382 e. The van der Waals surface area contributed by atoms with Gasteiger partial charge in [0.2, 0.25) is 11.7 Å². The number of hydrogen-bond donors (Lipinski definition) is 2. The first-order chi connectivity index (χ1) is 14.7. The van der Waals surface area contributed by atoms with E-state index in [-0.39, 0.29) is 17.4 Å². The molecule has 0 radical (unpaired) electrons. The minimum absolute atomic E-state index is 0.229. The molecule has 0 spiro atoms. The molecule has 8 nitrogen and oxygen atoms in total. The Morgan fingerprint density at radius 1 is 1.23 bits per heavy atom. The number of carbonyl (C=O) groups is 1. The number of benzene rings is 1. The van der Waals surface area contributed by atoms with Crippen LogP contribution in [-0.2, 0) is 4.79 Å². The highest BCUT2D eigenvalue weighted by Crippen LogP contribution is 2.36. The predicted molar refractivity (Wildman–Crippen MR) is 122 cm³/mol. The minimum atomic E-state index is -0.337. The quantitative estimate of drug-likeness (QED) is 0.713. The van der Waals surface area contributed by atoms with E-state index in [0.29, 0.717) is 23.7 Å². The molecule has 166 valence electrons. The number of rotatable bonds is 5. The topological polar surface area (TPSA) is 98.3 Å². The van der Waals surface area contributed by atoms with Crippen LogP contribution in [0.3, 0.4) is 0 Å². The predicted octanol–water partition coefficient (Wildman–Crippen LogP) is 3.50. The van der Waals surface area contributed by atoms with Crippen molar-refractivity contribution in [3.8, 4) is 11.4 Å². The molecule has 2 N–H and O–H groups in total. The second-order valence-electron chi connectivity index (χ2n) is 10.0. The van der Waals surface area contributed by atoms with Gasteiger partial charge in [-0.3, -0.25) is 4.79 Å². The summed E-state index contributed by atoms with van der Waals surface area (Å²) in [5.41, 5.74) is 2.22. The number of aromatic nitrogens is 2. The molecule has 31 heavy (non-hydrogen) atoms. The molecule has 8 heteroatoms. The van der Waals surface area contributed by atoms with Crippen molar-refractivity contribution in [2.75, 3.05) is 36.4 Å². The Hall–Kier alpha value is -2.90. The zero-order valence-corrected chi connectivity index (χ0v) is 19.0. The summed E-state index contributed by atoms with van der Waals surface area (Å²) in [7, 11) is 0. The average molecular weight is 425 g/mol. The van der Waals surface area contributed by atoms with Crippen LogP contribution in [0.5, 0.6) is 0 Å². The number of carbonyl (C=O) groups excluding carboxylic acids is 1. The zero-order valence-electron chi connectivity index (χ0n) is 19.0. The van der Waals surface area contributed by atoms with E-state index in [1.807, 2.05) is 43.9 Å². The molecular weight excluding hydrogens is 392 g/mol. The van der Waals surface area contributed by atoms with Crippen molar-refractivity contribution in [3.05, 3.63) is 23.8 Å². The highest BCUT2D eigenvalue weighted by molar-refractivity contribution is 5.87. The number of likely N-dealkylation sites (tertiary alicyclic amines) is 1. The van der Waals surface area contributed by atoms with Crippen LogP contribution in [0.1, 0.15) is 40.2 Å². The first kappa shape index (κ1) is 21.3. The summed E-state index contributed by atoms with van der Waals surface area (Å²) in [6, 6.07) is 6.56. The maximum absolute atomic E-state index is 12.6. The van der Waals surface area contributed by atoms with Gasteiger partial charge in [-0.1, -0.05) is 38.1 Å². The Morgan fingerprint density at radius 3 is 2.48 bits per heavy atom. The zero-order chi connectivity index (χ0) is 22.3. The van der Waals surface area contributed by atoms with Gasteiger partial charge in [-0.2, -0.15) is 4.98 Å². The first-order valence-corrected chi connectivity index (χ1v) is 10.9. The fourth-order valence-corrected chi connectivity index (χ4v) is 4.51. The smallest absolute Gasteiger partial charge is 0.324 e. The average Bonchev–Trinajstić information content (AvgIpc) is 3.40. The second-order valence-corrected chi connectivity index (χ2v) is 10.0. The molecule has 2 atom stereocenters. The van der Waals surface area contributed by atoms with Gasteiger partial charge >= 0.3 is 6.01 Å². The number of fused-ring (bicyclic) bond motifs is 1. The van der Waals surface area contributed by atoms with Gasteiger partial charge < -0.3 is 25.0 Å². The molecule has 3 heterocycles. The van der Waals surface area contributed by atoms with E-state index in [1.54, 1.807) is 0 Å². The lowest BCUT2D eigenvalue weighted by Gasteiger charge is -2.27. The Bertz CT molecular complexity index is 963. The van der Waals surface area contributed by atoms with Crippen molar-refractivity contribution in [1.82, 2.24) is 15.0 Å². The second kappa shape index (κ2) is 7.98. The molecular formula is C23H32N6O2. The van der Waals surface area contributed by atoms with Gasteiger partial charge in [0.1, 0.15) is 0 Å². The van der Waals surface area contributed by atoms with E-state index in [1.165, 1.54) is 6.21 Å². The van der Waals surface area contributed by atoms with Crippen LogP contribution < -0.4 is 10.2 Å². The molecule has 1 aromatic heterocycles. The molecule has 1 amide bonds. The first-order valence-electron chi connectivity index (χ1n) is 10.9. The van der Waals surface area contributed by atoms with Crippen LogP contribution in [0.15, 0.2) is 22.7 Å². The van der Waals surface area contributed by atoms with Crippen LogP contribution in [0.4, 0.5) is 11.7 Å². The summed E-state index contributed by atoms with van der Waals surface area (Å²) in [6.07, 6.45) is 1.34. The van der Waals surface area contributed by atoms with Gasteiger partial charge in [-0.15, -0.1) is 0 Å². The lowest BCUT2D eigenvalue weighted by atomic mass is 9.95. The van der Waals surface area contributed by atoms with E-state index in [0.717, 1.165) is 43.0 Å². The fourth-order valence-electron chi connectivity index (χ4n) is 4.51. The standard InChI is InChI=1S/C23H32N6O2/c1-14(2)25-19-8-15(6-7-16(19)9-24)20-26-22(31-27-20)29-12-17-10-28(11-18(17)13-29)21(30)23(3,4)5/h6-9,14,17-18,24-25H,10-13H2,1-5H3. The fraction of sp³-hybridized carbons (Fsp3) is 0.565. The lowest BCUT2D eigenvalue weighted by molar-refractivity contribution is -0.138.